The van der Waals surface area contributed by atoms with E-state index in [1.54, 1.807) is 0 Å². The van der Waals surface area contributed by atoms with Gasteiger partial charge in [0.15, 0.2) is 0 Å². The highest BCUT2D eigenvalue weighted by Crippen LogP contribution is 2.22. The second-order valence-corrected chi connectivity index (χ2v) is 3.93. The van der Waals surface area contributed by atoms with Crippen LogP contribution in [0, 0.1) is 6.92 Å². The van der Waals surface area contributed by atoms with E-state index < -0.39 is 0 Å². The monoisotopic (exact) mass is 216 g/mol. The molecule has 0 radical (unpaired) electrons. The Balaban J connectivity index is 2.18. The van der Waals surface area contributed by atoms with Crippen molar-refractivity contribution in [3.63, 3.8) is 0 Å². The summed E-state index contributed by atoms with van der Waals surface area (Å²) in [6, 6.07) is 15.6. The van der Waals surface area contributed by atoms with Gasteiger partial charge in [-0.05, 0) is 48.9 Å². The van der Waals surface area contributed by atoms with E-state index in [4.69, 9.17) is 4.74 Å². The van der Waals surface area contributed by atoms with Gasteiger partial charge in [-0.3, -0.25) is 0 Å². The molecule has 0 saturated carbocycles. The molecule has 0 atom stereocenters. The molecule has 0 spiro atoms. The van der Waals surface area contributed by atoms with Crippen LogP contribution in [-0.4, -0.2) is 0 Å². The second-order valence-electron chi connectivity index (χ2n) is 3.41. The summed E-state index contributed by atoms with van der Waals surface area (Å²) in [5.74, 6) is 1.69. The Labute approximate surface area is 95.1 Å². The van der Waals surface area contributed by atoms with Crippen molar-refractivity contribution in [2.75, 3.05) is 0 Å². The van der Waals surface area contributed by atoms with Crippen molar-refractivity contribution in [2.45, 2.75) is 11.8 Å². The summed E-state index contributed by atoms with van der Waals surface area (Å²) in [5, 5.41) is 0. The van der Waals surface area contributed by atoms with Crippen LogP contribution in [0.1, 0.15) is 5.56 Å². The molecule has 1 nitrogen and oxygen atoms in total. The van der Waals surface area contributed by atoms with E-state index in [2.05, 4.69) is 12.6 Å². The number of aryl methyl sites for hydroxylation is 1. The third-order valence-corrected chi connectivity index (χ3v) is 2.36. The average Bonchev–Trinajstić information content (AvgIpc) is 2.22. The Morgan fingerprint density at radius 2 is 1.67 bits per heavy atom. The summed E-state index contributed by atoms with van der Waals surface area (Å²) in [4.78, 5) is 0.937. The maximum absolute atomic E-state index is 5.68. The third kappa shape index (κ3) is 2.77. The van der Waals surface area contributed by atoms with Gasteiger partial charge in [-0.25, -0.2) is 0 Å². The van der Waals surface area contributed by atoms with Crippen LogP contribution in [0.15, 0.2) is 53.4 Å². The first-order chi connectivity index (χ1) is 7.24. The minimum Gasteiger partial charge on any atom is -0.457 e. The van der Waals surface area contributed by atoms with Crippen LogP contribution in [0.25, 0.3) is 0 Å². The summed E-state index contributed by atoms with van der Waals surface area (Å²) in [6.07, 6.45) is 0. The number of hydrogen-bond donors (Lipinski definition) is 1. The lowest BCUT2D eigenvalue weighted by Gasteiger charge is -2.06. The molecule has 0 aromatic heterocycles. The van der Waals surface area contributed by atoms with E-state index in [1.807, 2.05) is 55.5 Å². The quantitative estimate of drug-likeness (QED) is 0.744. The zero-order valence-electron chi connectivity index (χ0n) is 8.47. The highest BCUT2D eigenvalue weighted by Gasteiger charge is 1.96. The molecule has 15 heavy (non-hydrogen) atoms. The molecule has 76 valence electrons. The fraction of sp³-hybridized carbons (Fsp3) is 0.0769. The maximum atomic E-state index is 5.68. The van der Waals surface area contributed by atoms with Crippen molar-refractivity contribution in [1.82, 2.24) is 0 Å². The molecule has 0 bridgehead atoms. The molecule has 0 aliphatic rings. The number of ether oxygens (including phenoxy) is 1. The zero-order chi connectivity index (χ0) is 10.7. The van der Waals surface area contributed by atoms with Crippen molar-refractivity contribution in [2.24, 2.45) is 0 Å². The van der Waals surface area contributed by atoms with Gasteiger partial charge in [-0.2, -0.15) is 0 Å². The molecule has 0 saturated heterocycles. The molecule has 0 heterocycles. The molecule has 0 aliphatic carbocycles. The van der Waals surface area contributed by atoms with Gasteiger partial charge in [0.25, 0.3) is 0 Å². The molecule has 0 fully saturated rings. The van der Waals surface area contributed by atoms with Gasteiger partial charge in [0, 0.05) is 4.90 Å². The molecule has 2 heteroatoms. The highest BCUT2D eigenvalue weighted by atomic mass is 32.1. The number of hydrogen-bond acceptors (Lipinski definition) is 2. The molecule has 2 rings (SSSR count). The van der Waals surface area contributed by atoms with E-state index in [0.717, 1.165) is 16.4 Å². The van der Waals surface area contributed by atoms with Gasteiger partial charge in [-0.1, -0.05) is 12.1 Å². The standard InChI is InChI=1S/C13H12OS/c1-10-3-2-4-12(9-10)14-11-5-7-13(15)8-6-11/h2-9,15H,1H3. The second kappa shape index (κ2) is 4.41. The molecule has 2 aromatic rings. The normalized spacial score (nSPS) is 10.0. The summed E-state index contributed by atoms with van der Waals surface area (Å²) < 4.78 is 5.68. The largest absolute Gasteiger partial charge is 0.457 e. The van der Waals surface area contributed by atoms with Gasteiger partial charge in [0.05, 0.1) is 0 Å². The number of thiol groups is 1. The first-order valence-corrected chi connectivity index (χ1v) is 5.22. The molecular formula is C13H12OS. The first kappa shape index (κ1) is 10.1. The van der Waals surface area contributed by atoms with Crippen molar-refractivity contribution in [3.8, 4) is 11.5 Å². The summed E-state index contributed by atoms with van der Waals surface area (Å²) >= 11 is 4.22. The Morgan fingerprint density at radius 3 is 2.33 bits per heavy atom. The van der Waals surface area contributed by atoms with Crippen LogP contribution in [0.3, 0.4) is 0 Å². The van der Waals surface area contributed by atoms with E-state index in [1.165, 1.54) is 5.56 Å². The molecule has 0 unspecified atom stereocenters. The predicted molar refractivity (Wildman–Crippen MR) is 64.9 cm³/mol. The van der Waals surface area contributed by atoms with Crippen LogP contribution in [0.4, 0.5) is 0 Å². The third-order valence-electron chi connectivity index (χ3n) is 2.06. The Kier molecular flexibility index (Phi) is 2.97. The van der Waals surface area contributed by atoms with Gasteiger partial charge in [0.2, 0.25) is 0 Å². The van der Waals surface area contributed by atoms with Crippen molar-refractivity contribution in [3.05, 3.63) is 54.1 Å². The predicted octanol–water partition coefficient (Wildman–Crippen LogP) is 4.08. The molecule has 0 N–H and O–H groups in total. The topological polar surface area (TPSA) is 9.23 Å². The lowest BCUT2D eigenvalue weighted by Crippen LogP contribution is -1.84. The molecule has 2 aromatic carbocycles. The van der Waals surface area contributed by atoms with E-state index in [0.29, 0.717) is 0 Å². The van der Waals surface area contributed by atoms with Crippen LogP contribution in [0.5, 0.6) is 11.5 Å². The SMILES string of the molecule is Cc1cccc(Oc2ccc(S)cc2)c1. The van der Waals surface area contributed by atoms with Crippen molar-refractivity contribution in [1.29, 1.82) is 0 Å². The van der Waals surface area contributed by atoms with Crippen molar-refractivity contribution < 1.29 is 4.74 Å². The van der Waals surface area contributed by atoms with Crippen LogP contribution in [-0.2, 0) is 0 Å². The minimum absolute atomic E-state index is 0.832. The lowest BCUT2D eigenvalue weighted by molar-refractivity contribution is 0.482. The lowest BCUT2D eigenvalue weighted by atomic mass is 10.2. The first-order valence-electron chi connectivity index (χ1n) is 4.77. The fourth-order valence-electron chi connectivity index (χ4n) is 1.33. The number of benzene rings is 2. The molecule has 0 aliphatic heterocycles. The van der Waals surface area contributed by atoms with Crippen LogP contribution < -0.4 is 4.74 Å². The number of rotatable bonds is 2. The van der Waals surface area contributed by atoms with Gasteiger partial charge >= 0.3 is 0 Å². The fourth-order valence-corrected chi connectivity index (χ4v) is 1.48. The summed E-state index contributed by atoms with van der Waals surface area (Å²) in [7, 11) is 0. The van der Waals surface area contributed by atoms with Crippen LogP contribution >= 0.6 is 12.6 Å². The van der Waals surface area contributed by atoms with Gasteiger partial charge < -0.3 is 4.74 Å². The minimum atomic E-state index is 0.832. The molecule has 0 amide bonds. The molecular weight excluding hydrogens is 204 g/mol. The van der Waals surface area contributed by atoms with E-state index in [-0.39, 0.29) is 0 Å². The Bertz CT molecular complexity index is 448. The average molecular weight is 216 g/mol. The van der Waals surface area contributed by atoms with Crippen molar-refractivity contribution >= 4 is 12.6 Å². The highest BCUT2D eigenvalue weighted by molar-refractivity contribution is 7.80. The van der Waals surface area contributed by atoms with E-state index >= 15 is 0 Å². The van der Waals surface area contributed by atoms with Crippen LogP contribution in [0.2, 0.25) is 0 Å². The van der Waals surface area contributed by atoms with E-state index in [9.17, 15) is 0 Å². The Morgan fingerprint density at radius 1 is 0.933 bits per heavy atom. The smallest absolute Gasteiger partial charge is 0.127 e. The Hall–Kier alpha value is -1.41. The van der Waals surface area contributed by atoms with Gasteiger partial charge in [-0.15, -0.1) is 12.6 Å². The summed E-state index contributed by atoms with van der Waals surface area (Å²) in [6.45, 7) is 2.05. The van der Waals surface area contributed by atoms with Gasteiger partial charge in [0.1, 0.15) is 11.5 Å². The summed E-state index contributed by atoms with van der Waals surface area (Å²) in [5.41, 5.74) is 1.19. The zero-order valence-corrected chi connectivity index (χ0v) is 9.37. The maximum Gasteiger partial charge on any atom is 0.127 e.